The Hall–Kier alpha value is -2.14. The molecule has 1 heterocycles. The molecule has 78 valence electrons. The minimum Gasteiger partial charge on any atom is -0.257 e. The molecule has 2 nitrogen and oxygen atoms in total. The first-order chi connectivity index (χ1) is 7.75. The van der Waals surface area contributed by atoms with Crippen LogP contribution in [0.25, 0.3) is 0 Å². The number of hydrogen-bond acceptors (Lipinski definition) is 2. The summed E-state index contributed by atoms with van der Waals surface area (Å²) in [6, 6.07) is 9.87. The van der Waals surface area contributed by atoms with Crippen LogP contribution in [0.2, 0.25) is 0 Å². The molecule has 0 N–H and O–H groups in total. The van der Waals surface area contributed by atoms with E-state index in [2.05, 4.69) is 21.8 Å². The molecule has 1 aromatic carbocycles. The van der Waals surface area contributed by atoms with Crippen LogP contribution >= 0.6 is 0 Å². The predicted octanol–water partition coefficient (Wildman–Crippen LogP) is 2.49. The van der Waals surface area contributed by atoms with E-state index in [0.29, 0.717) is 0 Å². The van der Waals surface area contributed by atoms with Gasteiger partial charge in [-0.3, -0.25) is 4.98 Å². The maximum atomic E-state index is 4.35. The van der Waals surface area contributed by atoms with E-state index < -0.39 is 0 Å². The third kappa shape index (κ3) is 2.46. The van der Waals surface area contributed by atoms with Crippen LogP contribution in [0.3, 0.4) is 0 Å². The summed E-state index contributed by atoms with van der Waals surface area (Å²) in [5.41, 5.74) is 3.51. The molecule has 0 aliphatic rings. The number of nitrogens with zero attached hydrogens (tertiary/aromatic N) is 2. The first-order valence-electron chi connectivity index (χ1n) is 5.13. The number of aryl methyl sites for hydroxylation is 2. The summed E-state index contributed by atoms with van der Waals surface area (Å²) in [5, 5.41) is 0. The van der Waals surface area contributed by atoms with Gasteiger partial charge in [0.25, 0.3) is 0 Å². The van der Waals surface area contributed by atoms with Crippen molar-refractivity contribution in [3.05, 3.63) is 59.2 Å². The van der Waals surface area contributed by atoms with Gasteiger partial charge in [-0.2, -0.15) is 0 Å². The van der Waals surface area contributed by atoms with Gasteiger partial charge in [0, 0.05) is 11.8 Å². The second-order valence-electron chi connectivity index (χ2n) is 3.56. The van der Waals surface area contributed by atoms with E-state index in [4.69, 9.17) is 0 Å². The van der Waals surface area contributed by atoms with Crippen molar-refractivity contribution in [2.75, 3.05) is 0 Å². The fraction of sp³-hybridized carbons (Fsp3) is 0.143. The van der Waals surface area contributed by atoms with E-state index in [-0.39, 0.29) is 0 Å². The molecule has 2 heteroatoms. The molecule has 0 radical (unpaired) electrons. The van der Waals surface area contributed by atoms with Crippen LogP contribution in [0.1, 0.15) is 22.6 Å². The SMILES string of the molecule is Cc1cnc(C)c(C#Cc2ccccc2)n1. The van der Waals surface area contributed by atoms with E-state index in [0.717, 1.165) is 22.6 Å². The van der Waals surface area contributed by atoms with Gasteiger partial charge in [-0.05, 0) is 31.9 Å². The average molecular weight is 208 g/mol. The molecule has 0 unspecified atom stereocenters. The summed E-state index contributed by atoms with van der Waals surface area (Å²) in [6.07, 6.45) is 1.75. The highest BCUT2D eigenvalue weighted by molar-refractivity contribution is 5.41. The van der Waals surface area contributed by atoms with Crippen molar-refractivity contribution in [3.8, 4) is 11.8 Å². The van der Waals surface area contributed by atoms with Crippen LogP contribution in [-0.2, 0) is 0 Å². The van der Waals surface area contributed by atoms with Gasteiger partial charge in [-0.25, -0.2) is 4.98 Å². The Morgan fingerprint density at radius 3 is 2.50 bits per heavy atom. The smallest absolute Gasteiger partial charge is 0.135 e. The largest absolute Gasteiger partial charge is 0.257 e. The quantitative estimate of drug-likeness (QED) is 0.622. The molecule has 0 amide bonds. The summed E-state index contributed by atoms with van der Waals surface area (Å²) in [6.45, 7) is 3.83. The third-order valence-corrected chi connectivity index (χ3v) is 2.17. The fourth-order valence-corrected chi connectivity index (χ4v) is 1.31. The molecule has 0 bridgehead atoms. The Bertz CT molecular complexity index is 548. The molecule has 0 fully saturated rings. The van der Waals surface area contributed by atoms with Crippen molar-refractivity contribution in [3.63, 3.8) is 0 Å². The topological polar surface area (TPSA) is 25.8 Å². The lowest BCUT2D eigenvalue weighted by molar-refractivity contribution is 1.04. The zero-order valence-electron chi connectivity index (χ0n) is 9.36. The summed E-state index contributed by atoms with van der Waals surface area (Å²) < 4.78 is 0. The molecule has 2 aromatic rings. The summed E-state index contributed by atoms with van der Waals surface area (Å²) in [4.78, 5) is 8.58. The molecule has 1 aromatic heterocycles. The Balaban J connectivity index is 2.34. The zero-order valence-corrected chi connectivity index (χ0v) is 9.36. The minimum atomic E-state index is 0.754. The maximum absolute atomic E-state index is 4.35. The van der Waals surface area contributed by atoms with E-state index >= 15 is 0 Å². The lowest BCUT2D eigenvalue weighted by Crippen LogP contribution is -1.94. The Morgan fingerprint density at radius 2 is 1.75 bits per heavy atom. The van der Waals surface area contributed by atoms with Crippen LogP contribution in [0.4, 0.5) is 0 Å². The molecular formula is C14H12N2. The van der Waals surface area contributed by atoms with E-state index in [1.165, 1.54) is 0 Å². The Labute approximate surface area is 95.4 Å². The molecule has 0 saturated heterocycles. The van der Waals surface area contributed by atoms with Crippen molar-refractivity contribution in [1.29, 1.82) is 0 Å². The molecular weight excluding hydrogens is 196 g/mol. The summed E-state index contributed by atoms with van der Waals surface area (Å²) in [5.74, 6) is 6.12. The van der Waals surface area contributed by atoms with Crippen molar-refractivity contribution in [2.45, 2.75) is 13.8 Å². The van der Waals surface area contributed by atoms with Gasteiger partial charge in [-0.15, -0.1) is 0 Å². The van der Waals surface area contributed by atoms with Crippen molar-refractivity contribution in [2.24, 2.45) is 0 Å². The van der Waals surface area contributed by atoms with Crippen molar-refractivity contribution < 1.29 is 0 Å². The maximum Gasteiger partial charge on any atom is 0.135 e. The second kappa shape index (κ2) is 4.59. The fourth-order valence-electron chi connectivity index (χ4n) is 1.31. The predicted molar refractivity (Wildman–Crippen MR) is 63.9 cm³/mol. The number of hydrogen-bond donors (Lipinski definition) is 0. The molecule has 2 rings (SSSR count). The second-order valence-corrected chi connectivity index (χ2v) is 3.56. The molecule has 0 saturated carbocycles. The van der Waals surface area contributed by atoms with Gasteiger partial charge >= 0.3 is 0 Å². The number of rotatable bonds is 0. The van der Waals surface area contributed by atoms with Crippen LogP contribution in [0, 0.1) is 25.7 Å². The third-order valence-electron chi connectivity index (χ3n) is 2.17. The monoisotopic (exact) mass is 208 g/mol. The average Bonchev–Trinajstić information content (AvgIpc) is 2.32. The Morgan fingerprint density at radius 1 is 1.00 bits per heavy atom. The lowest BCUT2D eigenvalue weighted by Gasteiger charge is -1.96. The van der Waals surface area contributed by atoms with Gasteiger partial charge in [0.15, 0.2) is 0 Å². The number of aromatic nitrogens is 2. The van der Waals surface area contributed by atoms with Crippen molar-refractivity contribution in [1.82, 2.24) is 9.97 Å². The molecule has 0 spiro atoms. The minimum absolute atomic E-state index is 0.754. The Kier molecular flexibility index (Phi) is 2.98. The van der Waals surface area contributed by atoms with Crippen LogP contribution in [0.5, 0.6) is 0 Å². The first kappa shape index (κ1) is 10.4. The van der Waals surface area contributed by atoms with Gasteiger partial charge in [0.05, 0.1) is 11.4 Å². The zero-order chi connectivity index (χ0) is 11.4. The van der Waals surface area contributed by atoms with E-state index in [1.54, 1.807) is 6.20 Å². The molecule has 16 heavy (non-hydrogen) atoms. The van der Waals surface area contributed by atoms with Crippen LogP contribution < -0.4 is 0 Å². The molecule has 0 aliphatic heterocycles. The summed E-state index contributed by atoms with van der Waals surface area (Å²) in [7, 11) is 0. The van der Waals surface area contributed by atoms with E-state index in [1.807, 2.05) is 44.2 Å². The van der Waals surface area contributed by atoms with Crippen LogP contribution in [0.15, 0.2) is 36.5 Å². The van der Waals surface area contributed by atoms with Gasteiger partial charge < -0.3 is 0 Å². The van der Waals surface area contributed by atoms with Gasteiger partial charge in [0.1, 0.15) is 5.69 Å². The van der Waals surface area contributed by atoms with Crippen molar-refractivity contribution >= 4 is 0 Å². The normalized spacial score (nSPS) is 9.38. The first-order valence-corrected chi connectivity index (χ1v) is 5.13. The lowest BCUT2D eigenvalue weighted by atomic mass is 10.2. The standard InChI is InChI=1S/C14H12N2/c1-11-10-15-12(2)14(16-11)9-8-13-6-4-3-5-7-13/h3-7,10H,1-2H3. The highest BCUT2D eigenvalue weighted by atomic mass is 14.8. The van der Waals surface area contributed by atoms with Gasteiger partial charge in [-0.1, -0.05) is 24.1 Å². The van der Waals surface area contributed by atoms with E-state index in [9.17, 15) is 0 Å². The van der Waals surface area contributed by atoms with Gasteiger partial charge in [0.2, 0.25) is 0 Å². The summed E-state index contributed by atoms with van der Waals surface area (Å²) >= 11 is 0. The highest BCUT2D eigenvalue weighted by Crippen LogP contribution is 2.01. The van der Waals surface area contributed by atoms with Crippen LogP contribution in [-0.4, -0.2) is 9.97 Å². The molecule has 0 aliphatic carbocycles. The molecule has 0 atom stereocenters. The number of benzene rings is 1. The highest BCUT2D eigenvalue weighted by Gasteiger charge is 1.97.